The fraction of sp³-hybridized carbons (Fsp3) is 0.381. The minimum atomic E-state index is -0.196. The van der Waals surface area contributed by atoms with Gasteiger partial charge in [0.15, 0.2) is 0 Å². The van der Waals surface area contributed by atoms with Crippen LogP contribution in [0.1, 0.15) is 40.0 Å². The van der Waals surface area contributed by atoms with Gasteiger partial charge in [0, 0.05) is 35.7 Å². The number of halogens is 2. The highest BCUT2D eigenvalue weighted by Gasteiger charge is 2.28. The minimum absolute atomic E-state index is 0.190. The van der Waals surface area contributed by atoms with Gasteiger partial charge in [-0.25, -0.2) is 9.80 Å². The first-order chi connectivity index (χ1) is 13.6. The van der Waals surface area contributed by atoms with E-state index in [0.717, 1.165) is 19.3 Å². The van der Waals surface area contributed by atoms with E-state index in [1.54, 1.807) is 55.9 Å². The highest BCUT2D eigenvalue weighted by atomic mass is 35.5. The Morgan fingerprint density at radius 1 is 1.21 bits per heavy atom. The van der Waals surface area contributed by atoms with E-state index >= 15 is 0 Å². The zero-order chi connectivity index (χ0) is 21.6. The van der Waals surface area contributed by atoms with Gasteiger partial charge in [-0.05, 0) is 38.3 Å². The SMILES string of the molecule is C=C/C=C/Cl.C=CCNC(=O)N(/N=C/C=C/C=N\C=C(/C)Cl)C1CCC1.CC. The molecule has 0 aliphatic heterocycles. The van der Waals surface area contributed by atoms with Gasteiger partial charge >= 0.3 is 6.03 Å². The van der Waals surface area contributed by atoms with E-state index in [1.165, 1.54) is 10.5 Å². The molecule has 1 aliphatic carbocycles. The summed E-state index contributed by atoms with van der Waals surface area (Å²) in [6.45, 7) is 13.1. The Balaban J connectivity index is 0. The van der Waals surface area contributed by atoms with Crippen molar-refractivity contribution >= 4 is 41.7 Å². The second-order valence-corrected chi connectivity index (χ2v) is 5.97. The van der Waals surface area contributed by atoms with Crippen LogP contribution in [-0.2, 0) is 0 Å². The summed E-state index contributed by atoms with van der Waals surface area (Å²) in [6, 6.07) is -0.00595. The number of hydrazone groups is 1. The van der Waals surface area contributed by atoms with Crippen LogP contribution in [0.15, 0.2) is 70.4 Å². The molecule has 1 fully saturated rings. The highest BCUT2D eigenvalue weighted by Crippen LogP contribution is 2.24. The molecule has 156 valence electrons. The van der Waals surface area contributed by atoms with Crippen LogP contribution in [0.3, 0.4) is 0 Å². The predicted octanol–water partition coefficient (Wildman–Crippen LogP) is 6.40. The Bertz CT molecular complexity index is 573. The minimum Gasteiger partial charge on any atom is -0.333 e. The Morgan fingerprint density at radius 3 is 2.29 bits per heavy atom. The number of hydrogen-bond donors (Lipinski definition) is 1. The Kier molecular flexibility index (Phi) is 21.3. The van der Waals surface area contributed by atoms with Crippen molar-refractivity contribution in [2.24, 2.45) is 10.1 Å². The second-order valence-electron chi connectivity index (χ2n) is 5.12. The molecule has 1 N–H and O–H groups in total. The van der Waals surface area contributed by atoms with Crippen LogP contribution in [0, 0.1) is 0 Å². The zero-order valence-electron chi connectivity index (χ0n) is 17.0. The van der Waals surface area contributed by atoms with Crippen LogP contribution in [-0.4, -0.2) is 36.1 Å². The molecule has 0 aromatic heterocycles. The predicted molar refractivity (Wildman–Crippen MR) is 125 cm³/mol. The second kappa shape index (κ2) is 21.2. The van der Waals surface area contributed by atoms with Crippen molar-refractivity contribution in [3.8, 4) is 0 Å². The molecule has 0 spiro atoms. The topological polar surface area (TPSA) is 57.1 Å². The lowest BCUT2D eigenvalue weighted by Crippen LogP contribution is -2.45. The monoisotopic (exact) mass is 426 g/mol. The van der Waals surface area contributed by atoms with E-state index in [9.17, 15) is 4.79 Å². The van der Waals surface area contributed by atoms with Crippen molar-refractivity contribution in [3.63, 3.8) is 0 Å². The number of allylic oxidation sites excluding steroid dienone is 5. The molecule has 0 unspecified atom stereocenters. The Morgan fingerprint density at radius 2 is 1.86 bits per heavy atom. The van der Waals surface area contributed by atoms with Crippen LogP contribution in [0.25, 0.3) is 0 Å². The smallest absolute Gasteiger partial charge is 0.333 e. The van der Waals surface area contributed by atoms with E-state index < -0.39 is 0 Å². The van der Waals surface area contributed by atoms with E-state index in [2.05, 4.69) is 28.6 Å². The summed E-state index contributed by atoms with van der Waals surface area (Å²) in [7, 11) is 0. The van der Waals surface area contributed by atoms with E-state index in [0.29, 0.717) is 11.6 Å². The van der Waals surface area contributed by atoms with Gasteiger partial charge in [0.25, 0.3) is 0 Å². The normalized spacial score (nSPS) is 14.2. The summed E-state index contributed by atoms with van der Waals surface area (Å²) in [5.74, 6) is 0. The van der Waals surface area contributed by atoms with Crippen molar-refractivity contribution in [3.05, 3.63) is 60.3 Å². The van der Waals surface area contributed by atoms with Gasteiger partial charge in [0.2, 0.25) is 0 Å². The molecule has 0 bridgehead atoms. The third-order valence-electron chi connectivity index (χ3n) is 3.05. The van der Waals surface area contributed by atoms with Crippen LogP contribution in [0.4, 0.5) is 4.79 Å². The van der Waals surface area contributed by atoms with E-state index in [4.69, 9.17) is 23.2 Å². The van der Waals surface area contributed by atoms with Crippen molar-refractivity contribution < 1.29 is 4.79 Å². The number of carbonyl (C=O) groups is 1. The van der Waals surface area contributed by atoms with Crippen LogP contribution in [0.2, 0.25) is 0 Å². The molecule has 2 amide bonds. The van der Waals surface area contributed by atoms with Gasteiger partial charge in [-0.1, -0.05) is 61.9 Å². The number of aliphatic imine (C=N–C) groups is 1. The summed E-state index contributed by atoms with van der Waals surface area (Å²) >= 11 is 10.7. The fourth-order valence-electron chi connectivity index (χ4n) is 1.64. The third-order valence-corrected chi connectivity index (χ3v) is 3.29. The van der Waals surface area contributed by atoms with E-state index in [1.807, 2.05) is 13.8 Å². The van der Waals surface area contributed by atoms with Gasteiger partial charge in [-0.15, -0.1) is 6.58 Å². The molecule has 1 aliphatic rings. The lowest BCUT2D eigenvalue weighted by Gasteiger charge is -2.33. The van der Waals surface area contributed by atoms with Gasteiger partial charge in [-0.2, -0.15) is 5.10 Å². The van der Waals surface area contributed by atoms with Crippen LogP contribution in [0.5, 0.6) is 0 Å². The van der Waals surface area contributed by atoms with Crippen LogP contribution >= 0.6 is 23.2 Å². The molecular weight excluding hydrogens is 395 g/mol. The molecule has 1 rings (SSSR count). The number of carbonyl (C=O) groups excluding carboxylic acids is 1. The maximum atomic E-state index is 12.0. The number of nitrogens with one attached hydrogen (secondary N) is 1. The Labute approximate surface area is 179 Å². The molecule has 0 saturated heterocycles. The number of hydrogen-bond acceptors (Lipinski definition) is 3. The van der Waals surface area contributed by atoms with E-state index in [-0.39, 0.29) is 12.1 Å². The third kappa shape index (κ3) is 16.1. The lowest BCUT2D eigenvalue weighted by atomic mass is 9.93. The number of rotatable bonds is 8. The Hall–Kier alpha value is -2.11. The number of amides is 2. The summed E-state index contributed by atoms with van der Waals surface area (Å²) in [4.78, 5) is 15.9. The number of nitrogens with zero attached hydrogens (tertiary/aromatic N) is 3. The highest BCUT2D eigenvalue weighted by molar-refractivity contribution is 6.29. The maximum absolute atomic E-state index is 12.0. The first-order valence-corrected chi connectivity index (χ1v) is 9.98. The summed E-state index contributed by atoms with van der Waals surface area (Å²) < 4.78 is 0. The maximum Gasteiger partial charge on any atom is 0.338 e. The van der Waals surface area contributed by atoms with Gasteiger partial charge in [0.1, 0.15) is 0 Å². The molecule has 1 saturated carbocycles. The zero-order valence-corrected chi connectivity index (χ0v) is 18.5. The molecule has 0 heterocycles. The van der Waals surface area contributed by atoms with Gasteiger partial charge in [0.05, 0.1) is 6.04 Å². The quantitative estimate of drug-likeness (QED) is 0.207. The average Bonchev–Trinajstić information content (AvgIpc) is 2.65. The van der Waals surface area contributed by atoms with Crippen LogP contribution < -0.4 is 5.32 Å². The standard InChI is InChI=1S/C15H21ClN4O.C4H5Cl.C2H6/c1-3-9-18-15(21)20(14-7-6-8-14)19-11-5-4-10-17-12-13(2)16;1-2-3-4-5;1-2/h3-5,10-12,14H,1,6-9H2,2H3,(H,18,21);2-4H,1H2;1-2H3/b5-4+,13-12+,17-10-,19-11+;4-3+;. The van der Waals surface area contributed by atoms with Gasteiger partial charge < -0.3 is 5.32 Å². The van der Waals surface area contributed by atoms with Crippen molar-refractivity contribution in [1.82, 2.24) is 10.3 Å². The first-order valence-electron chi connectivity index (χ1n) is 9.17. The molecule has 0 radical (unpaired) electrons. The molecule has 0 aromatic rings. The molecule has 0 aromatic carbocycles. The summed E-state index contributed by atoms with van der Waals surface area (Å²) in [5.41, 5.74) is 1.41. The number of urea groups is 1. The largest absolute Gasteiger partial charge is 0.338 e. The first kappa shape index (κ1) is 28.1. The summed E-state index contributed by atoms with van der Waals surface area (Å²) in [6.07, 6.45) is 16.2. The average molecular weight is 427 g/mol. The molecule has 28 heavy (non-hydrogen) atoms. The lowest BCUT2D eigenvalue weighted by molar-refractivity contribution is 0.142. The summed E-state index contributed by atoms with van der Waals surface area (Å²) in [5, 5.41) is 9.05. The fourth-order valence-corrected chi connectivity index (χ4v) is 1.80. The molecular formula is C21H32Cl2N4O. The van der Waals surface area contributed by atoms with Crippen molar-refractivity contribution in [2.75, 3.05) is 6.54 Å². The molecule has 0 atom stereocenters. The molecule has 7 heteroatoms. The molecule has 5 nitrogen and oxygen atoms in total. The van der Waals surface area contributed by atoms with Crippen molar-refractivity contribution in [1.29, 1.82) is 0 Å². The van der Waals surface area contributed by atoms with Gasteiger partial charge in [-0.3, -0.25) is 4.99 Å². The van der Waals surface area contributed by atoms with Crippen molar-refractivity contribution in [2.45, 2.75) is 46.1 Å².